The van der Waals surface area contributed by atoms with Crippen LogP contribution >= 0.6 is 22.6 Å². The summed E-state index contributed by atoms with van der Waals surface area (Å²) in [5.41, 5.74) is -0.890. The van der Waals surface area contributed by atoms with Gasteiger partial charge in [0.15, 0.2) is 0 Å². The number of hydrogen-bond acceptors (Lipinski definition) is 3. The molecule has 0 aliphatic heterocycles. The predicted molar refractivity (Wildman–Crippen MR) is 55.4 cm³/mol. The smallest absolute Gasteiger partial charge is 0.478 e. The van der Waals surface area contributed by atoms with Gasteiger partial charge in [-0.3, -0.25) is 0 Å². The third-order valence-electron chi connectivity index (χ3n) is 1.64. The number of ether oxygens (including phenoxy) is 1. The molecule has 0 unspecified atom stereocenters. The summed E-state index contributed by atoms with van der Waals surface area (Å²) >= 11 is 1.31. The molecule has 9 heteroatoms. The molecule has 0 aliphatic carbocycles. The van der Waals surface area contributed by atoms with Crippen LogP contribution in [0.3, 0.4) is 0 Å². The van der Waals surface area contributed by atoms with Crippen LogP contribution in [-0.2, 0) is 6.67 Å². The maximum atomic E-state index is 12.4. The van der Waals surface area contributed by atoms with Crippen LogP contribution in [0.5, 0.6) is 5.88 Å². The molecule has 0 fully saturated rings. The molecule has 0 saturated carbocycles. The molecule has 0 atom stereocenters. The number of hydrogen-bond donors (Lipinski definition) is 1. The van der Waals surface area contributed by atoms with Crippen molar-refractivity contribution >= 4 is 28.6 Å². The Bertz CT molecular complexity index is 449. The molecular weight excluding hydrogens is 361 g/mol. The van der Waals surface area contributed by atoms with Crippen molar-refractivity contribution in [3.05, 3.63) is 20.9 Å². The third kappa shape index (κ3) is 3.41. The molecule has 4 nitrogen and oxygen atoms in total. The fourth-order valence-electron chi connectivity index (χ4n) is 1.02. The van der Waals surface area contributed by atoms with Crippen LogP contribution in [0, 0.1) is 3.57 Å². The molecule has 0 saturated heterocycles. The highest BCUT2D eigenvalue weighted by Crippen LogP contribution is 2.29. The molecule has 0 spiro atoms. The van der Waals surface area contributed by atoms with Crippen LogP contribution < -0.4 is 4.74 Å². The lowest BCUT2D eigenvalue weighted by atomic mass is 10.1. The molecule has 0 bridgehead atoms. The number of halogens is 5. The maximum absolute atomic E-state index is 12.4. The molecule has 0 aliphatic rings. The molecule has 0 amide bonds. The fourth-order valence-corrected chi connectivity index (χ4v) is 1.85. The second-order valence-corrected chi connectivity index (χ2v) is 3.84. The summed E-state index contributed by atoms with van der Waals surface area (Å²) in [5.74, 6) is -2.45. The Morgan fingerprint density at radius 1 is 1.53 bits per heavy atom. The molecule has 1 rings (SSSR count). The topological polar surface area (TPSA) is 59.4 Å². The van der Waals surface area contributed by atoms with Crippen molar-refractivity contribution in [2.75, 3.05) is 0 Å². The molecule has 1 aromatic heterocycles. The van der Waals surface area contributed by atoms with E-state index in [1.807, 2.05) is 0 Å². The molecule has 94 valence electrons. The van der Waals surface area contributed by atoms with Crippen LogP contribution in [0.25, 0.3) is 0 Å². The van der Waals surface area contributed by atoms with E-state index in [0.29, 0.717) is 6.20 Å². The Hall–Kier alpha value is -1.13. The first-order valence-electron chi connectivity index (χ1n) is 3.98. The average molecular weight is 365 g/mol. The van der Waals surface area contributed by atoms with Gasteiger partial charge in [0, 0.05) is 11.8 Å². The molecular formula is C8H4F4INO3. The summed E-state index contributed by atoms with van der Waals surface area (Å²) in [6.45, 7) is -1.14. The summed E-state index contributed by atoms with van der Waals surface area (Å²) in [6.07, 6.45) is -4.29. The quantitative estimate of drug-likeness (QED) is 0.661. The Kier molecular flexibility index (Phi) is 4.11. The molecule has 0 aromatic carbocycles. The van der Waals surface area contributed by atoms with Gasteiger partial charge in [0.1, 0.15) is 6.67 Å². The van der Waals surface area contributed by atoms with E-state index in [1.165, 1.54) is 22.6 Å². The van der Waals surface area contributed by atoms with Gasteiger partial charge in [-0.15, -0.1) is 13.2 Å². The van der Waals surface area contributed by atoms with Crippen molar-refractivity contribution in [2.45, 2.75) is 13.0 Å². The number of carboxylic acid groups (broad SMARTS) is 1. The highest BCUT2D eigenvalue weighted by atomic mass is 127. The summed E-state index contributed by atoms with van der Waals surface area (Å²) < 4.78 is 51.4. The number of carbonyl (C=O) groups is 1. The van der Waals surface area contributed by atoms with Crippen LogP contribution in [0.15, 0.2) is 6.20 Å². The highest BCUT2D eigenvalue weighted by molar-refractivity contribution is 14.1. The van der Waals surface area contributed by atoms with E-state index in [9.17, 15) is 22.4 Å². The van der Waals surface area contributed by atoms with Gasteiger partial charge in [0.2, 0.25) is 5.88 Å². The van der Waals surface area contributed by atoms with Gasteiger partial charge >= 0.3 is 12.3 Å². The summed E-state index contributed by atoms with van der Waals surface area (Å²) in [7, 11) is 0. The highest BCUT2D eigenvalue weighted by Gasteiger charge is 2.34. The second-order valence-electron chi connectivity index (χ2n) is 2.76. The van der Waals surface area contributed by atoms with Crippen molar-refractivity contribution in [2.24, 2.45) is 0 Å². The number of alkyl halides is 4. The van der Waals surface area contributed by atoms with Gasteiger partial charge in [-0.05, 0) is 22.6 Å². The fraction of sp³-hybridized carbons (Fsp3) is 0.250. The lowest BCUT2D eigenvalue weighted by Crippen LogP contribution is -2.20. The normalized spacial score (nSPS) is 11.4. The van der Waals surface area contributed by atoms with Gasteiger partial charge in [0.25, 0.3) is 0 Å². The minimum absolute atomic E-state index is 0.309. The zero-order chi connectivity index (χ0) is 13.2. The Morgan fingerprint density at radius 3 is 2.53 bits per heavy atom. The van der Waals surface area contributed by atoms with Crippen molar-refractivity contribution < 1.29 is 32.2 Å². The van der Waals surface area contributed by atoms with E-state index in [4.69, 9.17) is 5.11 Å². The predicted octanol–water partition coefficient (Wildman–Crippen LogP) is 2.75. The number of aromatic carboxylic acids is 1. The van der Waals surface area contributed by atoms with Crippen LogP contribution in [0.2, 0.25) is 0 Å². The van der Waals surface area contributed by atoms with E-state index in [2.05, 4.69) is 9.72 Å². The van der Waals surface area contributed by atoms with Gasteiger partial charge in [-0.25, -0.2) is 14.2 Å². The van der Waals surface area contributed by atoms with Gasteiger partial charge in [-0.1, -0.05) is 0 Å². The number of carboxylic acids is 1. The molecule has 1 N–H and O–H groups in total. The number of rotatable bonds is 3. The summed E-state index contributed by atoms with van der Waals surface area (Å²) in [6, 6.07) is 0. The molecule has 17 heavy (non-hydrogen) atoms. The second kappa shape index (κ2) is 5.02. The van der Waals surface area contributed by atoms with Crippen molar-refractivity contribution in [3.63, 3.8) is 0 Å². The summed E-state index contributed by atoms with van der Waals surface area (Å²) in [4.78, 5) is 14.0. The average Bonchev–Trinajstić information content (AvgIpc) is 2.18. The molecule has 1 aromatic rings. The van der Waals surface area contributed by atoms with E-state index in [0.717, 1.165) is 0 Å². The first kappa shape index (κ1) is 13.9. The SMILES string of the molecule is O=C(O)c1c(CF)cnc(OC(F)(F)F)c1I. The van der Waals surface area contributed by atoms with Gasteiger partial charge in [0.05, 0.1) is 9.13 Å². The number of aromatic nitrogens is 1. The largest absolute Gasteiger partial charge is 0.574 e. The number of nitrogens with zero attached hydrogens (tertiary/aromatic N) is 1. The third-order valence-corrected chi connectivity index (χ3v) is 2.64. The Morgan fingerprint density at radius 2 is 2.12 bits per heavy atom. The van der Waals surface area contributed by atoms with Crippen LogP contribution in [0.4, 0.5) is 17.6 Å². The standard InChI is InChI=1S/C8H4F4INO3/c9-1-3-2-14-6(17-8(10,11)12)5(13)4(3)7(15)16/h2H,1H2,(H,15,16). The number of pyridine rings is 1. The first-order chi connectivity index (χ1) is 7.76. The minimum Gasteiger partial charge on any atom is -0.478 e. The maximum Gasteiger partial charge on any atom is 0.574 e. The zero-order valence-electron chi connectivity index (χ0n) is 7.89. The van der Waals surface area contributed by atoms with Gasteiger partial charge in [-0.2, -0.15) is 0 Å². The lowest BCUT2D eigenvalue weighted by Gasteiger charge is -2.12. The summed E-state index contributed by atoms with van der Waals surface area (Å²) in [5, 5.41) is 8.76. The Balaban J connectivity index is 3.28. The van der Waals surface area contributed by atoms with E-state index >= 15 is 0 Å². The molecule has 1 heterocycles. The Labute approximate surface area is 106 Å². The van der Waals surface area contributed by atoms with Crippen molar-refractivity contribution in [3.8, 4) is 5.88 Å². The monoisotopic (exact) mass is 365 g/mol. The van der Waals surface area contributed by atoms with E-state index in [1.54, 1.807) is 0 Å². The molecule has 0 radical (unpaired) electrons. The van der Waals surface area contributed by atoms with Gasteiger partial charge < -0.3 is 9.84 Å². The van der Waals surface area contributed by atoms with Crippen LogP contribution in [0.1, 0.15) is 15.9 Å². The van der Waals surface area contributed by atoms with Crippen molar-refractivity contribution in [1.29, 1.82) is 0 Å². The zero-order valence-corrected chi connectivity index (χ0v) is 10.0. The lowest BCUT2D eigenvalue weighted by molar-refractivity contribution is -0.276. The first-order valence-corrected chi connectivity index (χ1v) is 5.06. The minimum atomic E-state index is -4.99. The van der Waals surface area contributed by atoms with E-state index < -0.39 is 34.0 Å². The van der Waals surface area contributed by atoms with Crippen molar-refractivity contribution in [1.82, 2.24) is 4.98 Å². The van der Waals surface area contributed by atoms with E-state index in [-0.39, 0.29) is 5.56 Å². The van der Waals surface area contributed by atoms with Crippen LogP contribution in [-0.4, -0.2) is 22.4 Å².